The van der Waals surface area contributed by atoms with Crippen molar-refractivity contribution in [2.24, 2.45) is 0 Å². The Morgan fingerprint density at radius 1 is 1.23 bits per heavy atom. The van der Waals surface area contributed by atoms with Crippen LogP contribution >= 0.6 is 22.6 Å². The van der Waals surface area contributed by atoms with Crippen molar-refractivity contribution in [2.45, 2.75) is 25.5 Å². The Bertz CT molecular complexity index is 681. The van der Waals surface area contributed by atoms with Gasteiger partial charge in [0.2, 0.25) is 0 Å². The number of ether oxygens (including phenoxy) is 1. The molecule has 0 saturated carbocycles. The molecule has 2 aromatic carbocycles. The van der Waals surface area contributed by atoms with Crippen LogP contribution in [0.2, 0.25) is 0 Å². The van der Waals surface area contributed by atoms with Gasteiger partial charge in [0.05, 0.1) is 18.3 Å². The summed E-state index contributed by atoms with van der Waals surface area (Å²) in [5.41, 5.74) is 2.43. The highest BCUT2D eigenvalue weighted by atomic mass is 127. The summed E-state index contributed by atoms with van der Waals surface area (Å²) in [6.45, 7) is 1.68. The Balaban J connectivity index is 1.86. The quantitative estimate of drug-likeness (QED) is 0.711. The Labute approximate surface area is 144 Å². The topological polar surface area (TPSA) is 36.3 Å². The predicted octanol–water partition coefficient (Wildman–Crippen LogP) is 4.36. The summed E-state index contributed by atoms with van der Waals surface area (Å²) in [6.07, 6.45) is 1.38. The summed E-state index contributed by atoms with van der Waals surface area (Å²) >= 11 is 2.33. The molecule has 3 nitrogen and oxygen atoms in total. The van der Waals surface area contributed by atoms with Crippen LogP contribution in [0.3, 0.4) is 0 Å². The molecule has 4 heteroatoms. The van der Waals surface area contributed by atoms with Crippen molar-refractivity contribution in [1.82, 2.24) is 0 Å². The van der Waals surface area contributed by atoms with Crippen molar-refractivity contribution in [2.75, 3.05) is 11.4 Å². The van der Waals surface area contributed by atoms with Gasteiger partial charge in [0.25, 0.3) is 0 Å². The van der Waals surface area contributed by atoms with Crippen molar-refractivity contribution in [3.05, 3.63) is 57.7 Å². The van der Waals surface area contributed by atoms with E-state index in [1.807, 2.05) is 12.1 Å². The molecule has 0 unspecified atom stereocenters. The van der Waals surface area contributed by atoms with Gasteiger partial charge in [-0.25, -0.2) is 0 Å². The molecular formula is C18H17IN2O. The number of halogens is 1. The fraction of sp³-hybridized carbons (Fsp3) is 0.278. The van der Waals surface area contributed by atoms with Gasteiger partial charge in [0.15, 0.2) is 0 Å². The van der Waals surface area contributed by atoms with E-state index in [2.05, 4.69) is 70.0 Å². The Morgan fingerprint density at radius 3 is 2.82 bits per heavy atom. The van der Waals surface area contributed by atoms with E-state index in [0.29, 0.717) is 6.42 Å². The first-order chi connectivity index (χ1) is 10.8. The van der Waals surface area contributed by atoms with Crippen molar-refractivity contribution in [3.63, 3.8) is 0 Å². The third-order valence-corrected chi connectivity index (χ3v) is 4.44. The van der Waals surface area contributed by atoms with Crippen LogP contribution in [0.1, 0.15) is 18.4 Å². The first kappa shape index (κ1) is 15.2. The number of hydrogen-bond donors (Lipinski definition) is 0. The maximum Gasteiger partial charge on any atom is 0.143 e. The van der Waals surface area contributed by atoms with Crippen molar-refractivity contribution in [3.8, 4) is 11.8 Å². The lowest BCUT2D eigenvalue weighted by Crippen LogP contribution is -2.39. The van der Waals surface area contributed by atoms with Crippen molar-refractivity contribution in [1.29, 1.82) is 5.26 Å². The van der Waals surface area contributed by atoms with Gasteiger partial charge in [-0.2, -0.15) is 5.26 Å². The first-order valence-electron chi connectivity index (χ1n) is 7.38. The molecule has 0 aromatic heterocycles. The van der Waals surface area contributed by atoms with E-state index in [-0.39, 0.29) is 6.10 Å². The van der Waals surface area contributed by atoms with Gasteiger partial charge in [0, 0.05) is 16.5 Å². The normalized spacial score (nSPS) is 16.5. The summed E-state index contributed by atoms with van der Waals surface area (Å²) in [4.78, 5) is 2.36. The van der Waals surface area contributed by atoms with E-state index in [1.165, 1.54) is 9.13 Å². The van der Waals surface area contributed by atoms with E-state index in [0.717, 1.165) is 30.9 Å². The number of fused-ring (bicyclic) bond motifs is 1. The molecule has 0 fully saturated rings. The molecule has 22 heavy (non-hydrogen) atoms. The summed E-state index contributed by atoms with van der Waals surface area (Å²) < 4.78 is 7.26. The lowest BCUT2D eigenvalue weighted by molar-refractivity contribution is 0.184. The second kappa shape index (κ2) is 7.01. The fourth-order valence-electron chi connectivity index (χ4n) is 2.73. The lowest BCUT2D eigenvalue weighted by atomic mass is 10.1. The molecule has 1 aliphatic rings. The third-order valence-electron chi connectivity index (χ3n) is 3.77. The molecule has 0 aliphatic carbocycles. The van der Waals surface area contributed by atoms with E-state index < -0.39 is 0 Å². The van der Waals surface area contributed by atoms with Gasteiger partial charge in [0.1, 0.15) is 11.9 Å². The van der Waals surface area contributed by atoms with Gasteiger partial charge in [-0.05, 0) is 52.8 Å². The molecule has 2 aromatic rings. The van der Waals surface area contributed by atoms with Crippen LogP contribution in [0.25, 0.3) is 0 Å². The molecule has 0 bridgehead atoms. The highest BCUT2D eigenvalue weighted by Gasteiger charge is 2.25. The zero-order valence-corrected chi connectivity index (χ0v) is 14.4. The van der Waals surface area contributed by atoms with Crippen LogP contribution < -0.4 is 9.64 Å². The molecule has 0 saturated heterocycles. The summed E-state index contributed by atoms with van der Waals surface area (Å²) in [5, 5.41) is 8.81. The van der Waals surface area contributed by atoms with Gasteiger partial charge in [-0.15, -0.1) is 0 Å². The lowest BCUT2D eigenvalue weighted by Gasteiger charge is -2.36. The monoisotopic (exact) mass is 404 g/mol. The van der Waals surface area contributed by atoms with Gasteiger partial charge < -0.3 is 9.64 Å². The number of rotatable bonds is 4. The van der Waals surface area contributed by atoms with E-state index in [4.69, 9.17) is 10.00 Å². The molecular weight excluding hydrogens is 387 g/mol. The Hall–Kier alpha value is -1.74. The van der Waals surface area contributed by atoms with Crippen molar-refractivity contribution < 1.29 is 4.74 Å². The summed E-state index contributed by atoms with van der Waals surface area (Å²) in [7, 11) is 0. The number of nitriles is 1. The predicted molar refractivity (Wildman–Crippen MR) is 95.9 cm³/mol. The Morgan fingerprint density at radius 2 is 2.05 bits per heavy atom. The zero-order valence-electron chi connectivity index (χ0n) is 12.2. The third kappa shape index (κ3) is 3.53. The van der Waals surface area contributed by atoms with E-state index in [9.17, 15) is 0 Å². The van der Waals surface area contributed by atoms with Crippen LogP contribution in [-0.4, -0.2) is 12.6 Å². The number of anilines is 1. The Kier molecular flexibility index (Phi) is 4.84. The summed E-state index contributed by atoms with van der Waals surface area (Å²) in [5.74, 6) is 0.922. The first-order valence-corrected chi connectivity index (χ1v) is 8.46. The molecule has 0 amide bonds. The number of hydrogen-bond acceptors (Lipinski definition) is 3. The molecule has 1 aliphatic heterocycles. The van der Waals surface area contributed by atoms with Gasteiger partial charge >= 0.3 is 0 Å². The molecule has 0 radical (unpaired) electrons. The van der Waals surface area contributed by atoms with Crippen LogP contribution in [-0.2, 0) is 6.54 Å². The van der Waals surface area contributed by atoms with E-state index in [1.54, 1.807) is 0 Å². The van der Waals surface area contributed by atoms with Crippen LogP contribution in [0.15, 0.2) is 48.5 Å². The fourth-order valence-corrected chi connectivity index (χ4v) is 3.20. The molecule has 112 valence electrons. The minimum Gasteiger partial charge on any atom is -0.486 e. The maximum atomic E-state index is 8.81. The van der Waals surface area contributed by atoms with Crippen LogP contribution in [0.4, 0.5) is 5.69 Å². The maximum absolute atomic E-state index is 8.81. The summed E-state index contributed by atoms with van der Waals surface area (Å²) in [6, 6.07) is 18.9. The molecule has 0 N–H and O–H groups in total. The minimum absolute atomic E-state index is 0.0796. The molecule has 1 atom stereocenters. The van der Waals surface area contributed by atoms with Gasteiger partial charge in [-0.1, -0.05) is 30.3 Å². The second-order valence-electron chi connectivity index (χ2n) is 5.41. The smallest absolute Gasteiger partial charge is 0.143 e. The molecule has 1 heterocycles. The van der Waals surface area contributed by atoms with E-state index >= 15 is 0 Å². The second-order valence-corrected chi connectivity index (χ2v) is 6.66. The standard InChI is InChI=1S/C18H17IN2O/c19-15-8-9-18-17(11-15)21(12-14-5-2-1-3-6-14)13-16(22-18)7-4-10-20/h1-3,5-6,8-9,11,16H,4,7,12-13H2/t16-/m0/s1. The highest BCUT2D eigenvalue weighted by molar-refractivity contribution is 14.1. The van der Waals surface area contributed by atoms with Crippen LogP contribution in [0.5, 0.6) is 5.75 Å². The highest BCUT2D eigenvalue weighted by Crippen LogP contribution is 2.36. The average Bonchev–Trinajstić information content (AvgIpc) is 2.54. The number of nitrogens with zero attached hydrogens (tertiary/aromatic N) is 2. The zero-order chi connectivity index (χ0) is 15.4. The van der Waals surface area contributed by atoms with Crippen molar-refractivity contribution >= 4 is 28.3 Å². The largest absolute Gasteiger partial charge is 0.486 e. The van der Waals surface area contributed by atoms with Crippen LogP contribution in [0, 0.1) is 14.9 Å². The SMILES string of the molecule is N#CCC[C@H]1CN(Cc2ccccc2)c2cc(I)ccc2O1. The minimum atomic E-state index is 0.0796. The molecule has 3 rings (SSSR count). The average molecular weight is 404 g/mol. The number of benzene rings is 2. The molecule has 0 spiro atoms. The van der Waals surface area contributed by atoms with Gasteiger partial charge in [-0.3, -0.25) is 0 Å².